The van der Waals surface area contributed by atoms with Crippen LogP contribution in [0.2, 0.25) is 5.02 Å². The van der Waals surface area contributed by atoms with Gasteiger partial charge in [0.2, 0.25) is 0 Å². The van der Waals surface area contributed by atoms with Crippen LogP contribution in [0.4, 0.5) is 0 Å². The van der Waals surface area contributed by atoms with Crippen LogP contribution in [0.15, 0.2) is 63.0 Å². The van der Waals surface area contributed by atoms with Crippen LogP contribution < -0.4 is 15.1 Å². The van der Waals surface area contributed by atoms with E-state index in [-0.39, 0.29) is 5.78 Å². The van der Waals surface area contributed by atoms with Gasteiger partial charge in [-0.15, -0.1) is 0 Å². The van der Waals surface area contributed by atoms with Crippen molar-refractivity contribution in [3.8, 4) is 11.5 Å². The number of ketones is 1. The van der Waals surface area contributed by atoms with E-state index in [1.165, 1.54) is 0 Å². The second-order valence-electron chi connectivity index (χ2n) is 7.20. The number of methoxy groups -OCH3 is 1. The predicted molar refractivity (Wildman–Crippen MR) is 109 cm³/mol. The van der Waals surface area contributed by atoms with E-state index in [1.807, 2.05) is 12.1 Å². The molecule has 0 spiro atoms. The highest BCUT2D eigenvalue weighted by Gasteiger charge is 2.40. The number of fused-ring (bicyclic) bond motifs is 3. The van der Waals surface area contributed by atoms with E-state index in [2.05, 4.69) is 0 Å². The fraction of sp³-hybridized carbons (Fsp3) is 0.217. The highest BCUT2D eigenvalue weighted by Crippen LogP contribution is 2.48. The maximum absolute atomic E-state index is 13.1. The quantitative estimate of drug-likeness (QED) is 0.559. The number of ether oxygens (including phenoxy) is 2. The Kier molecular flexibility index (Phi) is 4.21. The third kappa shape index (κ3) is 2.85. The van der Waals surface area contributed by atoms with Gasteiger partial charge in [0.05, 0.1) is 24.0 Å². The molecule has 2 aliphatic rings. The maximum Gasteiger partial charge on any atom is 0.344 e. The van der Waals surface area contributed by atoms with E-state index in [0.717, 1.165) is 12.0 Å². The Morgan fingerprint density at radius 2 is 1.97 bits per heavy atom. The van der Waals surface area contributed by atoms with Gasteiger partial charge in [0, 0.05) is 29.5 Å². The van der Waals surface area contributed by atoms with Gasteiger partial charge in [-0.3, -0.25) is 4.79 Å². The van der Waals surface area contributed by atoms with Crippen LogP contribution in [-0.2, 0) is 4.79 Å². The number of halogens is 1. The number of hydrogen-bond donors (Lipinski definition) is 0. The Balaban J connectivity index is 1.84. The predicted octanol–water partition coefficient (Wildman–Crippen LogP) is 4.99. The molecule has 2 heterocycles. The van der Waals surface area contributed by atoms with E-state index in [9.17, 15) is 9.59 Å². The highest BCUT2D eigenvalue weighted by atomic mass is 35.5. The Morgan fingerprint density at radius 3 is 2.76 bits per heavy atom. The highest BCUT2D eigenvalue weighted by molar-refractivity contribution is 6.30. The van der Waals surface area contributed by atoms with E-state index in [1.54, 1.807) is 37.4 Å². The number of allylic oxidation sites excluding steroid dienone is 2. The number of carbonyl (C=O) groups excluding carboxylic acids is 1. The van der Waals surface area contributed by atoms with Gasteiger partial charge < -0.3 is 13.9 Å². The zero-order valence-corrected chi connectivity index (χ0v) is 16.4. The van der Waals surface area contributed by atoms with Gasteiger partial charge in [0.1, 0.15) is 22.8 Å². The van der Waals surface area contributed by atoms with Crippen LogP contribution in [-0.4, -0.2) is 12.9 Å². The molecule has 1 aliphatic heterocycles. The van der Waals surface area contributed by atoms with Gasteiger partial charge in [-0.05, 0) is 36.2 Å². The Morgan fingerprint density at radius 1 is 1.10 bits per heavy atom. The molecule has 1 unspecified atom stereocenters. The summed E-state index contributed by atoms with van der Waals surface area (Å²) in [5, 5.41) is 1.20. The van der Waals surface area contributed by atoms with Crippen LogP contribution in [0.25, 0.3) is 11.0 Å². The smallest absolute Gasteiger partial charge is 0.344 e. The molecule has 1 aliphatic carbocycles. The summed E-state index contributed by atoms with van der Waals surface area (Å²) in [7, 11) is 1.55. The summed E-state index contributed by atoms with van der Waals surface area (Å²) >= 11 is 6.22. The van der Waals surface area contributed by atoms with Crippen molar-refractivity contribution < 1.29 is 18.7 Å². The summed E-state index contributed by atoms with van der Waals surface area (Å²) in [6, 6.07) is 12.5. The molecule has 0 saturated heterocycles. The van der Waals surface area contributed by atoms with E-state index >= 15 is 0 Å². The molecule has 3 aromatic rings. The van der Waals surface area contributed by atoms with Crippen LogP contribution >= 0.6 is 11.6 Å². The van der Waals surface area contributed by atoms with Crippen molar-refractivity contribution in [2.75, 3.05) is 7.11 Å². The molecule has 1 atom stereocenters. The first-order valence-electron chi connectivity index (χ1n) is 9.41. The van der Waals surface area contributed by atoms with Gasteiger partial charge in [0.25, 0.3) is 0 Å². The monoisotopic (exact) mass is 408 g/mol. The van der Waals surface area contributed by atoms with Crippen LogP contribution in [0.5, 0.6) is 11.5 Å². The first kappa shape index (κ1) is 18.0. The number of carbonyl (C=O) groups is 1. The molecule has 0 amide bonds. The number of benzene rings is 2. The van der Waals surface area contributed by atoms with Crippen LogP contribution in [0.3, 0.4) is 0 Å². The second kappa shape index (κ2) is 6.78. The van der Waals surface area contributed by atoms with E-state index in [4.69, 9.17) is 25.5 Å². The average molecular weight is 409 g/mol. The fourth-order valence-electron chi connectivity index (χ4n) is 4.20. The minimum absolute atomic E-state index is 0.00361. The lowest BCUT2D eigenvalue weighted by atomic mass is 9.77. The third-order valence-electron chi connectivity index (χ3n) is 5.49. The Hall–Kier alpha value is -3.05. The molecule has 5 nitrogen and oxygen atoms in total. The minimum atomic E-state index is -0.567. The summed E-state index contributed by atoms with van der Waals surface area (Å²) < 4.78 is 17.0. The zero-order valence-electron chi connectivity index (χ0n) is 15.7. The SMILES string of the molecule is COc1ccc2c3c(c(=O)oc2c1)C(c1cccc(Cl)c1)C1=C(CCCC1=O)O3. The van der Waals surface area contributed by atoms with Crippen molar-refractivity contribution in [1.29, 1.82) is 0 Å². The molecule has 146 valence electrons. The molecule has 29 heavy (non-hydrogen) atoms. The number of hydrogen-bond acceptors (Lipinski definition) is 5. The topological polar surface area (TPSA) is 65.7 Å². The van der Waals surface area contributed by atoms with Gasteiger partial charge in [0.15, 0.2) is 5.78 Å². The molecule has 0 radical (unpaired) electrons. The van der Waals surface area contributed by atoms with Crippen LogP contribution in [0.1, 0.15) is 36.3 Å². The Labute approximate surface area is 171 Å². The average Bonchev–Trinajstić information content (AvgIpc) is 2.72. The van der Waals surface area contributed by atoms with Crippen molar-refractivity contribution in [3.05, 3.63) is 80.4 Å². The van der Waals surface area contributed by atoms with Gasteiger partial charge in [-0.1, -0.05) is 23.7 Å². The molecule has 5 rings (SSSR count). The van der Waals surface area contributed by atoms with Crippen LogP contribution in [0, 0.1) is 0 Å². The molecule has 1 aromatic heterocycles. The summed E-state index contributed by atoms with van der Waals surface area (Å²) in [6.07, 6.45) is 1.81. The van der Waals surface area contributed by atoms with Gasteiger partial charge in [-0.2, -0.15) is 0 Å². The summed E-state index contributed by atoms with van der Waals surface area (Å²) in [4.78, 5) is 25.9. The van der Waals surface area contributed by atoms with Crippen molar-refractivity contribution in [2.24, 2.45) is 0 Å². The zero-order chi connectivity index (χ0) is 20.1. The molecule has 0 N–H and O–H groups in total. The summed E-state index contributed by atoms with van der Waals surface area (Å²) in [5.74, 6) is 1.08. The van der Waals surface area contributed by atoms with Crippen molar-refractivity contribution >= 4 is 28.4 Å². The lowest BCUT2D eigenvalue weighted by Gasteiger charge is -2.32. The molecule has 2 aromatic carbocycles. The lowest BCUT2D eigenvalue weighted by molar-refractivity contribution is -0.116. The largest absolute Gasteiger partial charge is 0.497 e. The second-order valence-corrected chi connectivity index (χ2v) is 7.63. The normalized spacial score (nSPS) is 18.3. The molecule has 0 fully saturated rings. The lowest BCUT2D eigenvalue weighted by Crippen LogP contribution is -2.29. The summed E-state index contributed by atoms with van der Waals surface area (Å²) in [6.45, 7) is 0. The Bertz CT molecular complexity index is 1250. The van der Waals surface area contributed by atoms with E-state index in [0.29, 0.717) is 57.2 Å². The van der Waals surface area contributed by atoms with Gasteiger partial charge in [-0.25, -0.2) is 4.79 Å². The molecule has 0 saturated carbocycles. The molecular weight excluding hydrogens is 392 g/mol. The van der Waals surface area contributed by atoms with Crippen molar-refractivity contribution in [1.82, 2.24) is 0 Å². The number of rotatable bonds is 2. The fourth-order valence-corrected chi connectivity index (χ4v) is 4.40. The first-order valence-corrected chi connectivity index (χ1v) is 9.79. The molecule has 6 heteroatoms. The van der Waals surface area contributed by atoms with E-state index < -0.39 is 11.5 Å². The van der Waals surface area contributed by atoms with Crippen molar-refractivity contribution in [2.45, 2.75) is 25.2 Å². The standard InChI is InChI=1S/C23H17ClO5/c1-27-14-8-9-15-18(11-14)29-23(26)21-19(12-4-2-5-13(24)10-12)20-16(25)6-3-7-17(20)28-22(15)21/h2,4-5,8-11,19H,3,6-7H2,1H3. The van der Waals surface area contributed by atoms with Gasteiger partial charge >= 0.3 is 5.63 Å². The minimum Gasteiger partial charge on any atom is -0.497 e. The first-order chi connectivity index (χ1) is 14.1. The summed E-state index contributed by atoms with van der Waals surface area (Å²) in [5.41, 5.74) is 1.48. The molecular formula is C23H17ClO5. The van der Waals surface area contributed by atoms with Crippen molar-refractivity contribution in [3.63, 3.8) is 0 Å². The maximum atomic E-state index is 13.1. The number of Topliss-reactive ketones (excluding diaryl/α,β-unsaturated/α-hetero) is 1. The molecule has 0 bridgehead atoms. The third-order valence-corrected chi connectivity index (χ3v) is 5.73.